The van der Waals surface area contributed by atoms with Gasteiger partial charge < -0.3 is 10.2 Å². The molecule has 0 saturated carbocycles. The fourth-order valence-corrected chi connectivity index (χ4v) is 5.53. The van der Waals surface area contributed by atoms with Crippen LogP contribution in [0.25, 0.3) is 0 Å². The molecule has 1 fully saturated rings. The number of likely N-dealkylation sites (tertiary alicyclic amines) is 1. The van der Waals surface area contributed by atoms with Crippen LogP contribution in [0.4, 0.5) is 5.69 Å². The molecule has 1 aliphatic heterocycles. The van der Waals surface area contributed by atoms with Gasteiger partial charge in [0.15, 0.2) is 0 Å². The molecule has 0 spiro atoms. The van der Waals surface area contributed by atoms with Crippen molar-refractivity contribution in [1.29, 1.82) is 0 Å². The summed E-state index contributed by atoms with van der Waals surface area (Å²) in [6, 6.07) is 21.9. The van der Waals surface area contributed by atoms with Crippen LogP contribution in [0.3, 0.4) is 0 Å². The normalized spacial score (nSPS) is 13.6. The van der Waals surface area contributed by atoms with E-state index in [4.69, 9.17) is 11.6 Å². The van der Waals surface area contributed by atoms with Crippen molar-refractivity contribution in [3.63, 3.8) is 0 Å². The second kappa shape index (κ2) is 10.9. The Hall–Kier alpha value is -3.36. The summed E-state index contributed by atoms with van der Waals surface area (Å²) >= 11 is 5.92. The molecule has 1 heterocycles. The lowest BCUT2D eigenvalue weighted by Gasteiger charge is -2.24. The van der Waals surface area contributed by atoms with Gasteiger partial charge in [0.05, 0.1) is 10.6 Å². The molecule has 1 saturated heterocycles. The molecule has 2 amide bonds. The third-order valence-electron chi connectivity index (χ3n) is 5.86. The Morgan fingerprint density at radius 3 is 2.26 bits per heavy atom. The van der Waals surface area contributed by atoms with Crippen molar-refractivity contribution in [3.05, 3.63) is 95.0 Å². The molecule has 0 atom stereocenters. The molecule has 0 bridgehead atoms. The van der Waals surface area contributed by atoms with E-state index in [1.165, 1.54) is 24.3 Å². The highest BCUT2D eigenvalue weighted by molar-refractivity contribution is 7.92. The van der Waals surface area contributed by atoms with Gasteiger partial charge >= 0.3 is 0 Å². The summed E-state index contributed by atoms with van der Waals surface area (Å²) in [5.74, 6) is -0.312. The number of hydrogen-bond donors (Lipinski definition) is 1. The Morgan fingerprint density at radius 1 is 0.943 bits per heavy atom. The van der Waals surface area contributed by atoms with Gasteiger partial charge in [0, 0.05) is 31.1 Å². The number of hydrogen-bond acceptors (Lipinski definition) is 4. The second-order valence-corrected chi connectivity index (χ2v) is 10.6. The fourth-order valence-electron chi connectivity index (χ4n) is 3.98. The average Bonchev–Trinajstić information content (AvgIpc) is 3.27. The van der Waals surface area contributed by atoms with E-state index >= 15 is 0 Å². The number of amides is 2. The Balaban J connectivity index is 1.50. The van der Waals surface area contributed by atoms with Crippen molar-refractivity contribution in [1.82, 2.24) is 10.2 Å². The van der Waals surface area contributed by atoms with Crippen LogP contribution in [0.1, 0.15) is 24.0 Å². The summed E-state index contributed by atoms with van der Waals surface area (Å²) < 4.78 is 27.9. The zero-order chi connectivity index (χ0) is 24.8. The van der Waals surface area contributed by atoms with Gasteiger partial charge in [-0.3, -0.25) is 13.9 Å². The molecule has 9 heteroatoms. The van der Waals surface area contributed by atoms with Gasteiger partial charge in [-0.05, 0) is 53.9 Å². The van der Waals surface area contributed by atoms with Crippen LogP contribution in [0.2, 0.25) is 5.02 Å². The van der Waals surface area contributed by atoms with Gasteiger partial charge in [-0.2, -0.15) is 0 Å². The Bertz CT molecular complexity index is 1300. The maximum atomic E-state index is 13.4. The molecule has 1 aliphatic rings. The maximum Gasteiger partial charge on any atom is 0.264 e. The van der Waals surface area contributed by atoms with Crippen molar-refractivity contribution >= 4 is 39.1 Å². The van der Waals surface area contributed by atoms with Gasteiger partial charge in [0.2, 0.25) is 11.8 Å². The summed E-state index contributed by atoms with van der Waals surface area (Å²) in [4.78, 5) is 26.8. The molecule has 0 unspecified atom stereocenters. The Kier molecular flexibility index (Phi) is 7.73. The third-order valence-corrected chi connectivity index (χ3v) is 7.90. The minimum Gasteiger partial charge on any atom is -0.350 e. The number of nitrogens with one attached hydrogen (secondary N) is 1. The lowest BCUT2D eigenvalue weighted by atomic mass is 10.1. The number of halogens is 1. The molecular formula is C26H26ClN3O4S. The number of anilines is 1. The van der Waals surface area contributed by atoms with E-state index in [2.05, 4.69) is 5.32 Å². The maximum absolute atomic E-state index is 13.4. The third kappa shape index (κ3) is 6.01. The highest BCUT2D eigenvalue weighted by Gasteiger charge is 2.27. The summed E-state index contributed by atoms with van der Waals surface area (Å²) in [5, 5.41) is 3.26. The van der Waals surface area contributed by atoms with Crippen LogP contribution in [-0.2, 0) is 32.7 Å². The number of rotatable bonds is 9. The van der Waals surface area contributed by atoms with Crippen molar-refractivity contribution < 1.29 is 18.0 Å². The van der Waals surface area contributed by atoms with E-state index in [-0.39, 0.29) is 23.9 Å². The molecule has 1 N–H and O–H groups in total. The first-order valence-corrected chi connectivity index (χ1v) is 13.1. The monoisotopic (exact) mass is 511 g/mol. The van der Waals surface area contributed by atoms with E-state index < -0.39 is 15.9 Å². The molecule has 0 aromatic heterocycles. The first-order valence-electron chi connectivity index (χ1n) is 11.3. The van der Waals surface area contributed by atoms with Crippen molar-refractivity contribution in [3.8, 4) is 0 Å². The predicted molar refractivity (Wildman–Crippen MR) is 135 cm³/mol. The van der Waals surface area contributed by atoms with Crippen LogP contribution in [-0.4, -0.2) is 38.2 Å². The second-order valence-electron chi connectivity index (χ2n) is 8.27. The Labute approximate surface area is 210 Å². The zero-order valence-corrected chi connectivity index (χ0v) is 20.6. The summed E-state index contributed by atoms with van der Waals surface area (Å²) in [6.45, 7) is 1.06. The minimum atomic E-state index is -4.01. The van der Waals surface area contributed by atoms with Gasteiger partial charge in [0.1, 0.15) is 6.54 Å². The molecule has 0 radical (unpaired) electrons. The number of carbonyl (C=O) groups is 2. The largest absolute Gasteiger partial charge is 0.350 e. The first kappa shape index (κ1) is 24.8. The quantitative estimate of drug-likeness (QED) is 0.471. The Morgan fingerprint density at radius 2 is 1.60 bits per heavy atom. The lowest BCUT2D eigenvalue weighted by molar-refractivity contribution is -0.128. The number of para-hydroxylation sites is 1. The van der Waals surface area contributed by atoms with Crippen molar-refractivity contribution in [2.75, 3.05) is 17.4 Å². The molecule has 0 aliphatic carbocycles. The highest BCUT2D eigenvalue weighted by Crippen LogP contribution is 2.24. The number of benzene rings is 3. The van der Waals surface area contributed by atoms with Crippen LogP contribution in [0, 0.1) is 0 Å². The number of carbonyl (C=O) groups excluding carboxylic acids is 2. The van der Waals surface area contributed by atoms with Crippen LogP contribution >= 0.6 is 11.6 Å². The molecular weight excluding hydrogens is 486 g/mol. The molecule has 3 aromatic carbocycles. The molecule has 182 valence electrons. The standard InChI is InChI=1S/C26H26ClN3O4S/c27-22-12-14-24(15-13-22)35(33,34)30(23-9-2-1-3-10-23)19-25(31)28-17-20-7-4-5-8-21(20)18-29-16-6-11-26(29)32/h1-5,7-10,12-15H,6,11,16-19H2,(H,28,31). The minimum absolute atomic E-state index is 0.0409. The van der Waals surface area contributed by atoms with E-state index in [0.29, 0.717) is 23.7 Å². The number of sulfonamides is 1. The molecule has 3 aromatic rings. The topological polar surface area (TPSA) is 86.8 Å². The van der Waals surface area contributed by atoms with Crippen LogP contribution in [0.15, 0.2) is 83.8 Å². The van der Waals surface area contributed by atoms with Crippen molar-refractivity contribution in [2.45, 2.75) is 30.8 Å². The fraction of sp³-hybridized carbons (Fsp3) is 0.231. The van der Waals surface area contributed by atoms with E-state index in [1.807, 2.05) is 29.2 Å². The zero-order valence-electron chi connectivity index (χ0n) is 19.1. The van der Waals surface area contributed by atoms with Gasteiger partial charge in [-0.1, -0.05) is 54.1 Å². The van der Waals surface area contributed by atoms with Crippen molar-refractivity contribution in [2.24, 2.45) is 0 Å². The molecule has 4 rings (SSSR count). The van der Waals surface area contributed by atoms with Gasteiger partial charge in [-0.15, -0.1) is 0 Å². The smallest absolute Gasteiger partial charge is 0.264 e. The van der Waals surface area contributed by atoms with Gasteiger partial charge in [0.25, 0.3) is 10.0 Å². The summed E-state index contributed by atoms with van der Waals surface area (Å²) in [6.07, 6.45) is 1.42. The lowest BCUT2D eigenvalue weighted by Crippen LogP contribution is -2.40. The first-order chi connectivity index (χ1) is 16.8. The summed E-state index contributed by atoms with van der Waals surface area (Å²) in [7, 11) is -4.01. The van der Waals surface area contributed by atoms with Crippen LogP contribution < -0.4 is 9.62 Å². The van der Waals surface area contributed by atoms with E-state index in [1.54, 1.807) is 30.3 Å². The van der Waals surface area contributed by atoms with E-state index in [9.17, 15) is 18.0 Å². The summed E-state index contributed by atoms with van der Waals surface area (Å²) in [5.41, 5.74) is 2.22. The average molecular weight is 512 g/mol. The number of nitrogens with zero attached hydrogens (tertiary/aromatic N) is 2. The SMILES string of the molecule is O=C(CN(c1ccccc1)S(=O)(=O)c1ccc(Cl)cc1)NCc1ccccc1CN1CCCC1=O. The van der Waals surface area contributed by atoms with Crippen LogP contribution in [0.5, 0.6) is 0 Å². The molecule has 35 heavy (non-hydrogen) atoms. The highest BCUT2D eigenvalue weighted by atomic mass is 35.5. The molecule has 7 nitrogen and oxygen atoms in total. The predicted octanol–water partition coefficient (Wildman–Crippen LogP) is 3.97. The van der Waals surface area contributed by atoms with Gasteiger partial charge in [-0.25, -0.2) is 8.42 Å². The van der Waals surface area contributed by atoms with E-state index in [0.717, 1.165) is 28.4 Å².